The molecule has 2 amide bonds. The molecule has 0 aliphatic carbocycles. The van der Waals surface area contributed by atoms with Crippen molar-refractivity contribution in [1.29, 1.82) is 0 Å². The molecule has 2 heterocycles. The summed E-state index contributed by atoms with van der Waals surface area (Å²) in [6.45, 7) is 0.144. The fraction of sp³-hybridized carbons (Fsp3) is 0.200. The SMILES string of the molecule is COc1ccc([C@H]2[C@H]3C(=O)N(Cc4ccccc4)C(=O)[C@@H]3ON2c2cccc([N+](=O)[O-])c2)cc1Br. The number of hydrogen-bond donors (Lipinski definition) is 0. The summed E-state index contributed by atoms with van der Waals surface area (Å²) in [5, 5.41) is 12.8. The van der Waals surface area contributed by atoms with Crippen LogP contribution in [0.2, 0.25) is 0 Å². The number of ether oxygens (including phenoxy) is 1. The Kier molecular flexibility index (Phi) is 6.00. The van der Waals surface area contributed by atoms with Crippen LogP contribution in [-0.4, -0.2) is 34.9 Å². The first-order valence-corrected chi connectivity index (χ1v) is 11.6. The normalized spacial score (nSPS) is 21.4. The molecule has 2 aliphatic rings. The van der Waals surface area contributed by atoms with E-state index in [0.717, 1.165) is 5.56 Å². The van der Waals surface area contributed by atoms with Gasteiger partial charge < -0.3 is 4.74 Å². The number of benzene rings is 3. The van der Waals surface area contributed by atoms with E-state index in [0.29, 0.717) is 21.5 Å². The van der Waals surface area contributed by atoms with Gasteiger partial charge >= 0.3 is 0 Å². The van der Waals surface area contributed by atoms with Gasteiger partial charge in [0.1, 0.15) is 11.7 Å². The Balaban J connectivity index is 1.56. The lowest BCUT2D eigenvalue weighted by Gasteiger charge is -2.29. The zero-order valence-corrected chi connectivity index (χ0v) is 20.1. The predicted molar refractivity (Wildman–Crippen MR) is 129 cm³/mol. The second-order valence-corrected chi connectivity index (χ2v) is 9.10. The van der Waals surface area contributed by atoms with Crippen LogP contribution < -0.4 is 9.80 Å². The van der Waals surface area contributed by atoms with E-state index in [2.05, 4.69) is 15.9 Å². The number of rotatable bonds is 6. The second kappa shape index (κ2) is 9.12. The number of methoxy groups -OCH3 is 1. The maximum absolute atomic E-state index is 13.6. The van der Waals surface area contributed by atoms with E-state index in [1.807, 2.05) is 30.3 Å². The van der Waals surface area contributed by atoms with Crippen molar-refractivity contribution in [2.45, 2.75) is 18.7 Å². The Morgan fingerprint density at radius 1 is 1.03 bits per heavy atom. The van der Waals surface area contributed by atoms with E-state index in [1.54, 1.807) is 31.4 Å². The van der Waals surface area contributed by atoms with Gasteiger partial charge in [-0.15, -0.1) is 0 Å². The van der Waals surface area contributed by atoms with Gasteiger partial charge in [-0.1, -0.05) is 42.5 Å². The third kappa shape index (κ3) is 4.04. The van der Waals surface area contributed by atoms with Gasteiger partial charge in [-0.05, 0) is 45.3 Å². The van der Waals surface area contributed by atoms with E-state index >= 15 is 0 Å². The molecule has 178 valence electrons. The first-order valence-electron chi connectivity index (χ1n) is 10.8. The summed E-state index contributed by atoms with van der Waals surface area (Å²) in [5.74, 6) is -1.01. The van der Waals surface area contributed by atoms with Crippen molar-refractivity contribution in [3.8, 4) is 5.75 Å². The van der Waals surface area contributed by atoms with Crippen LogP contribution in [0.15, 0.2) is 77.3 Å². The van der Waals surface area contributed by atoms with Crippen molar-refractivity contribution in [2.75, 3.05) is 12.2 Å². The van der Waals surface area contributed by atoms with Gasteiger partial charge in [0, 0.05) is 12.1 Å². The van der Waals surface area contributed by atoms with Crippen LogP contribution in [0.5, 0.6) is 5.75 Å². The van der Waals surface area contributed by atoms with Crippen molar-refractivity contribution >= 4 is 39.1 Å². The Labute approximate surface area is 209 Å². The molecule has 9 nitrogen and oxygen atoms in total. The number of carbonyl (C=O) groups excluding carboxylic acids is 2. The molecule has 0 saturated carbocycles. The number of non-ortho nitro benzene ring substituents is 1. The Morgan fingerprint density at radius 3 is 2.49 bits per heavy atom. The highest BCUT2D eigenvalue weighted by atomic mass is 79.9. The van der Waals surface area contributed by atoms with Crippen LogP contribution in [0.3, 0.4) is 0 Å². The lowest BCUT2D eigenvalue weighted by Crippen LogP contribution is -2.37. The van der Waals surface area contributed by atoms with E-state index < -0.39 is 28.9 Å². The quantitative estimate of drug-likeness (QED) is 0.260. The first-order chi connectivity index (χ1) is 16.9. The number of anilines is 1. The van der Waals surface area contributed by atoms with Gasteiger partial charge in [-0.2, -0.15) is 0 Å². The Morgan fingerprint density at radius 2 is 1.80 bits per heavy atom. The number of nitro groups is 1. The molecule has 2 aliphatic heterocycles. The highest BCUT2D eigenvalue weighted by Gasteiger charge is 2.59. The molecule has 0 unspecified atom stereocenters. The number of amides is 2. The van der Waals surface area contributed by atoms with E-state index in [9.17, 15) is 19.7 Å². The van der Waals surface area contributed by atoms with E-state index in [1.165, 1.54) is 28.2 Å². The number of carbonyl (C=O) groups is 2. The van der Waals surface area contributed by atoms with Crippen molar-refractivity contribution < 1.29 is 24.1 Å². The topological polar surface area (TPSA) is 102 Å². The predicted octanol–water partition coefficient (Wildman–Crippen LogP) is 4.41. The third-order valence-electron chi connectivity index (χ3n) is 6.20. The summed E-state index contributed by atoms with van der Waals surface area (Å²) in [4.78, 5) is 45.1. The molecule has 0 spiro atoms. The van der Waals surface area contributed by atoms with Crippen molar-refractivity contribution in [2.24, 2.45) is 5.92 Å². The number of halogens is 1. The van der Waals surface area contributed by atoms with Gasteiger partial charge in [-0.25, -0.2) is 5.06 Å². The number of hydroxylamine groups is 1. The maximum atomic E-state index is 13.6. The second-order valence-electron chi connectivity index (χ2n) is 8.24. The van der Waals surface area contributed by atoms with Crippen molar-refractivity contribution in [3.05, 3.63) is 98.5 Å². The number of fused-ring (bicyclic) bond motifs is 1. The summed E-state index contributed by atoms with van der Waals surface area (Å²) in [6.07, 6.45) is -1.05. The molecule has 3 aromatic carbocycles. The molecule has 5 rings (SSSR count). The Bertz CT molecular complexity index is 1320. The number of hydrogen-bond acceptors (Lipinski definition) is 7. The molecule has 35 heavy (non-hydrogen) atoms. The van der Waals surface area contributed by atoms with Gasteiger partial charge in [0.15, 0.2) is 6.10 Å². The third-order valence-corrected chi connectivity index (χ3v) is 6.82. The molecular weight excluding hydrogens is 518 g/mol. The van der Waals surface area contributed by atoms with Crippen LogP contribution in [0.1, 0.15) is 17.2 Å². The molecule has 0 bridgehead atoms. The molecule has 0 aromatic heterocycles. The lowest BCUT2D eigenvalue weighted by molar-refractivity contribution is -0.384. The zero-order chi connectivity index (χ0) is 24.7. The van der Waals surface area contributed by atoms with Gasteiger partial charge in [-0.3, -0.25) is 29.4 Å². The highest BCUT2D eigenvalue weighted by molar-refractivity contribution is 9.10. The molecule has 3 aromatic rings. The number of nitro benzene ring substituents is 1. The van der Waals surface area contributed by atoms with Gasteiger partial charge in [0.2, 0.25) is 5.91 Å². The Hall–Kier alpha value is -3.76. The van der Waals surface area contributed by atoms with Crippen LogP contribution in [-0.2, 0) is 21.0 Å². The maximum Gasteiger partial charge on any atom is 0.271 e. The summed E-state index contributed by atoms with van der Waals surface area (Å²) >= 11 is 3.48. The molecule has 2 fully saturated rings. The summed E-state index contributed by atoms with van der Waals surface area (Å²) in [7, 11) is 1.55. The van der Waals surface area contributed by atoms with Crippen LogP contribution in [0, 0.1) is 16.0 Å². The largest absolute Gasteiger partial charge is 0.496 e. The van der Waals surface area contributed by atoms with Crippen LogP contribution >= 0.6 is 15.9 Å². The fourth-order valence-electron chi connectivity index (χ4n) is 4.57. The van der Waals surface area contributed by atoms with Gasteiger partial charge in [0.05, 0.1) is 34.8 Å². The van der Waals surface area contributed by atoms with Crippen molar-refractivity contribution in [1.82, 2.24) is 4.90 Å². The number of likely N-dealkylation sites (tertiary alicyclic amines) is 1. The van der Waals surface area contributed by atoms with E-state index in [4.69, 9.17) is 9.57 Å². The van der Waals surface area contributed by atoms with Crippen molar-refractivity contribution in [3.63, 3.8) is 0 Å². The summed E-state index contributed by atoms with van der Waals surface area (Å²) in [5.41, 5.74) is 1.77. The first kappa shape index (κ1) is 23.0. The van der Waals surface area contributed by atoms with Gasteiger partial charge in [0.25, 0.3) is 11.6 Å². The smallest absolute Gasteiger partial charge is 0.271 e. The standard InChI is InChI=1S/C25H20BrN3O6/c1-34-20-11-10-16(12-19(20)26)22-21-23(35-28(22)17-8-5-9-18(13-17)29(32)33)25(31)27(24(21)30)14-15-6-3-2-4-7-15/h2-13,21-23H,14H2,1H3/t21-,22+,23-/m1/s1. The zero-order valence-electron chi connectivity index (χ0n) is 18.5. The lowest BCUT2D eigenvalue weighted by atomic mass is 9.90. The number of imide groups is 1. The molecular formula is C25H20BrN3O6. The summed E-state index contributed by atoms with van der Waals surface area (Å²) < 4.78 is 5.99. The van der Waals surface area contributed by atoms with Crippen LogP contribution in [0.4, 0.5) is 11.4 Å². The average Bonchev–Trinajstić information content (AvgIpc) is 3.37. The van der Waals surface area contributed by atoms with Crippen LogP contribution in [0.25, 0.3) is 0 Å². The minimum Gasteiger partial charge on any atom is -0.496 e. The molecule has 0 N–H and O–H groups in total. The molecule has 3 atom stereocenters. The molecule has 2 saturated heterocycles. The monoisotopic (exact) mass is 537 g/mol. The fourth-order valence-corrected chi connectivity index (χ4v) is 5.12. The minimum absolute atomic E-state index is 0.124. The molecule has 0 radical (unpaired) electrons. The minimum atomic E-state index is -1.05. The number of nitrogens with zero attached hydrogens (tertiary/aromatic N) is 3. The summed E-state index contributed by atoms with van der Waals surface area (Å²) in [6, 6.07) is 19.8. The highest BCUT2D eigenvalue weighted by Crippen LogP contribution is 2.48. The van der Waals surface area contributed by atoms with E-state index in [-0.39, 0.29) is 18.1 Å². The molecule has 10 heteroatoms. The average molecular weight is 538 g/mol.